The minimum absolute atomic E-state index is 0.0850. The lowest BCUT2D eigenvalue weighted by atomic mass is 10.2. The number of hydrogen-bond donors (Lipinski definition) is 1. The Morgan fingerprint density at radius 3 is 2.35 bits per heavy atom. The second kappa shape index (κ2) is 6.31. The van der Waals surface area contributed by atoms with Gasteiger partial charge in [-0.2, -0.15) is 0 Å². The Hall–Kier alpha value is -1.49. The van der Waals surface area contributed by atoms with Crippen LogP contribution in [0, 0.1) is 0 Å². The second-order valence-corrected chi connectivity index (χ2v) is 5.73. The van der Waals surface area contributed by atoms with Crippen molar-refractivity contribution < 1.29 is 0 Å². The van der Waals surface area contributed by atoms with Gasteiger partial charge >= 0.3 is 0 Å². The summed E-state index contributed by atoms with van der Waals surface area (Å²) in [5.41, 5.74) is 8.34. The van der Waals surface area contributed by atoms with E-state index in [-0.39, 0.29) is 5.56 Å². The van der Waals surface area contributed by atoms with Gasteiger partial charge in [0.1, 0.15) is 5.69 Å². The normalized spacial score (nSPS) is 10.9. The molecule has 0 bridgehead atoms. The predicted molar refractivity (Wildman–Crippen MR) is 86.0 cm³/mol. The van der Waals surface area contributed by atoms with Crippen LogP contribution in [0.4, 0.5) is 5.69 Å². The van der Waals surface area contributed by atoms with Crippen molar-refractivity contribution >= 4 is 21.6 Å². The van der Waals surface area contributed by atoms with Crippen LogP contribution < -0.4 is 11.3 Å². The van der Waals surface area contributed by atoms with Gasteiger partial charge in [0.15, 0.2) is 0 Å². The zero-order valence-corrected chi connectivity index (χ0v) is 13.5. The molecule has 2 aromatic rings. The molecule has 0 amide bonds. The average Bonchev–Trinajstić information content (AvgIpc) is 2.67. The summed E-state index contributed by atoms with van der Waals surface area (Å²) in [4.78, 5) is 12.3. The SMILES string of the molecule is CCCc1c(N)c(=O)n(Cc2ccc(Br)cc2)n1CC. The van der Waals surface area contributed by atoms with Crippen LogP contribution in [0.3, 0.4) is 0 Å². The largest absolute Gasteiger partial charge is 0.393 e. The third kappa shape index (κ3) is 2.82. The minimum Gasteiger partial charge on any atom is -0.393 e. The van der Waals surface area contributed by atoms with Gasteiger partial charge in [-0.25, -0.2) is 4.68 Å². The summed E-state index contributed by atoms with van der Waals surface area (Å²) < 4.78 is 4.78. The molecule has 0 unspecified atom stereocenters. The fourth-order valence-corrected chi connectivity index (χ4v) is 2.70. The predicted octanol–water partition coefficient (Wildman–Crippen LogP) is 3.02. The molecule has 0 aliphatic rings. The monoisotopic (exact) mass is 337 g/mol. The fraction of sp³-hybridized carbons (Fsp3) is 0.400. The number of benzene rings is 1. The zero-order valence-electron chi connectivity index (χ0n) is 11.9. The van der Waals surface area contributed by atoms with Gasteiger partial charge in [0.05, 0.1) is 12.2 Å². The molecule has 5 heteroatoms. The molecule has 0 fully saturated rings. The van der Waals surface area contributed by atoms with E-state index in [1.807, 2.05) is 35.9 Å². The van der Waals surface area contributed by atoms with Crippen molar-refractivity contribution in [3.05, 3.63) is 50.3 Å². The molecular weight excluding hydrogens is 318 g/mol. The first kappa shape index (κ1) is 14.9. The van der Waals surface area contributed by atoms with Crippen molar-refractivity contribution in [2.24, 2.45) is 0 Å². The number of nitrogens with zero attached hydrogens (tertiary/aromatic N) is 2. The molecule has 4 nitrogen and oxygen atoms in total. The molecule has 0 saturated carbocycles. The Morgan fingerprint density at radius 2 is 1.80 bits per heavy atom. The molecule has 0 atom stereocenters. The van der Waals surface area contributed by atoms with E-state index in [1.165, 1.54) is 0 Å². The Kier molecular flexibility index (Phi) is 4.70. The van der Waals surface area contributed by atoms with Gasteiger partial charge in [-0.15, -0.1) is 0 Å². The topological polar surface area (TPSA) is 53.0 Å². The lowest BCUT2D eigenvalue weighted by Gasteiger charge is -2.13. The van der Waals surface area contributed by atoms with Crippen LogP contribution in [0.1, 0.15) is 31.5 Å². The van der Waals surface area contributed by atoms with Crippen molar-refractivity contribution in [3.8, 4) is 0 Å². The van der Waals surface area contributed by atoms with E-state index in [0.29, 0.717) is 12.2 Å². The number of aromatic nitrogens is 2. The summed E-state index contributed by atoms with van der Waals surface area (Å²) in [5, 5.41) is 0. The Bertz CT molecular complexity index is 640. The third-order valence-electron chi connectivity index (χ3n) is 3.41. The first-order chi connectivity index (χ1) is 9.58. The fourth-order valence-electron chi connectivity index (χ4n) is 2.44. The second-order valence-electron chi connectivity index (χ2n) is 4.82. The van der Waals surface area contributed by atoms with E-state index in [2.05, 4.69) is 22.9 Å². The van der Waals surface area contributed by atoms with E-state index in [9.17, 15) is 4.79 Å². The van der Waals surface area contributed by atoms with Gasteiger partial charge in [-0.3, -0.25) is 9.48 Å². The molecule has 0 radical (unpaired) electrons. The van der Waals surface area contributed by atoms with Crippen LogP contribution in [0.2, 0.25) is 0 Å². The van der Waals surface area contributed by atoms with E-state index >= 15 is 0 Å². The molecule has 2 rings (SSSR count). The van der Waals surface area contributed by atoms with Crippen molar-refractivity contribution in [3.63, 3.8) is 0 Å². The number of halogens is 1. The van der Waals surface area contributed by atoms with Gasteiger partial charge in [-0.05, 0) is 31.0 Å². The molecule has 2 N–H and O–H groups in total. The first-order valence-corrected chi connectivity index (χ1v) is 7.70. The highest BCUT2D eigenvalue weighted by Gasteiger charge is 2.15. The number of hydrogen-bond acceptors (Lipinski definition) is 2. The first-order valence-electron chi connectivity index (χ1n) is 6.90. The highest BCUT2D eigenvalue weighted by atomic mass is 79.9. The van der Waals surface area contributed by atoms with Crippen LogP contribution in [-0.2, 0) is 19.5 Å². The Labute approximate surface area is 127 Å². The van der Waals surface area contributed by atoms with Gasteiger partial charge in [0, 0.05) is 11.0 Å². The summed E-state index contributed by atoms with van der Waals surface area (Å²) in [6, 6.07) is 7.99. The molecule has 1 aromatic heterocycles. The summed E-state index contributed by atoms with van der Waals surface area (Å²) in [7, 11) is 0. The summed E-state index contributed by atoms with van der Waals surface area (Å²) in [5.74, 6) is 0. The lowest BCUT2D eigenvalue weighted by Crippen LogP contribution is -2.24. The van der Waals surface area contributed by atoms with Crippen molar-refractivity contribution in [1.29, 1.82) is 0 Å². The van der Waals surface area contributed by atoms with Crippen molar-refractivity contribution in [2.75, 3.05) is 5.73 Å². The summed E-state index contributed by atoms with van der Waals surface area (Å²) >= 11 is 3.42. The zero-order chi connectivity index (χ0) is 14.7. The van der Waals surface area contributed by atoms with E-state index in [0.717, 1.165) is 35.1 Å². The lowest BCUT2D eigenvalue weighted by molar-refractivity contribution is 0.471. The molecule has 108 valence electrons. The van der Waals surface area contributed by atoms with Crippen molar-refractivity contribution in [2.45, 2.75) is 39.8 Å². The van der Waals surface area contributed by atoms with Crippen LogP contribution in [-0.4, -0.2) is 9.36 Å². The highest BCUT2D eigenvalue weighted by molar-refractivity contribution is 9.10. The van der Waals surface area contributed by atoms with Crippen LogP contribution >= 0.6 is 15.9 Å². The van der Waals surface area contributed by atoms with Gasteiger partial charge < -0.3 is 5.73 Å². The van der Waals surface area contributed by atoms with E-state index in [4.69, 9.17) is 5.73 Å². The maximum Gasteiger partial charge on any atom is 0.290 e. The van der Waals surface area contributed by atoms with Gasteiger partial charge in [0.2, 0.25) is 0 Å². The third-order valence-corrected chi connectivity index (χ3v) is 3.94. The maximum atomic E-state index is 12.3. The number of anilines is 1. The highest BCUT2D eigenvalue weighted by Crippen LogP contribution is 2.15. The summed E-state index contributed by atoms with van der Waals surface area (Å²) in [6.07, 6.45) is 1.81. The van der Waals surface area contributed by atoms with Crippen LogP contribution in [0.5, 0.6) is 0 Å². The number of nitrogens with two attached hydrogens (primary N) is 1. The Balaban J connectivity index is 2.43. The molecule has 0 spiro atoms. The smallest absolute Gasteiger partial charge is 0.290 e. The standard InChI is InChI=1S/C15H20BrN3O/c1-3-5-13-14(17)15(20)19(18(13)4-2)10-11-6-8-12(16)9-7-11/h6-9H,3-5,10,17H2,1-2H3. The summed E-state index contributed by atoms with van der Waals surface area (Å²) in [6.45, 7) is 5.43. The van der Waals surface area contributed by atoms with Gasteiger partial charge in [0.25, 0.3) is 5.56 Å². The van der Waals surface area contributed by atoms with Gasteiger partial charge in [-0.1, -0.05) is 41.4 Å². The number of rotatable bonds is 5. The average molecular weight is 338 g/mol. The molecule has 0 aliphatic heterocycles. The van der Waals surface area contributed by atoms with Crippen molar-refractivity contribution in [1.82, 2.24) is 9.36 Å². The minimum atomic E-state index is -0.0850. The Morgan fingerprint density at radius 1 is 1.15 bits per heavy atom. The molecule has 1 heterocycles. The molecule has 0 aliphatic carbocycles. The van der Waals surface area contributed by atoms with E-state index in [1.54, 1.807) is 4.68 Å². The number of nitrogen functional groups attached to an aromatic ring is 1. The molecule has 0 saturated heterocycles. The van der Waals surface area contributed by atoms with Crippen LogP contribution in [0.25, 0.3) is 0 Å². The maximum absolute atomic E-state index is 12.3. The molecule has 1 aromatic carbocycles. The van der Waals surface area contributed by atoms with Crippen LogP contribution in [0.15, 0.2) is 33.5 Å². The molecule has 20 heavy (non-hydrogen) atoms. The quantitative estimate of drug-likeness (QED) is 0.911. The van der Waals surface area contributed by atoms with E-state index < -0.39 is 0 Å². The molecular formula is C15H20BrN3O.